The standard InChI is InChI=1S/C14H22N2O/c1-11-13(8-9-17-11)16(2)14(10-15)12-6-4-3-5-7-12/h3-7,11,13-14H,8-10,15H2,1-2H3. The molecule has 1 aliphatic rings. The van der Waals surface area contributed by atoms with Gasteiger partial charge >= 0.3 is 0 Å². The van der Waals surface area contributed by atoms with Gasteiger partial charge in [-0.3, -0.25) is 4.90 Å². The molecular weight excluding hydrogens is 212 g/mol. The van der Waals surface area contributed by atoms with Crippen molar-refractivity contribution in [3.63, 3.8) is 0 Å². The van der Waals surface area contributed by atoms with Gasteiger partial charge in [-0.25, -0.2) is 0 Å². The number of likely N-dealkylation sites (N-methyl/N-ethyl adjacent to an activating group) is 1. The third-order valence-corrected chi connectivity index (χ3v) is 3.76. The molecule has 1 saturated heterocycles. The van der Waals surface area contributed by atoms with Crippen LogP contribution in [0.3, 0.4) is 0 Å². The van der Waals surface area contributed by atoms with Crippen molar-refractivity contribution in [1.29, 1.82) is 0 Å². The Hall–Kier alpha value is -0.900. The van der Waals surface area contributed by atoms with Crippen LogP contribution in [0.4, 0.5) is 0 Å². The average Bonchev–Trinajstić information content (AvgIpc) is 2.77. The zero-order chi connectivity index (χ0) is 12.3. The molecule has 94 valence electrons. The predicted octanol–water partition coefficient (Wildman–Crippen LogP) is 1.80. The van der Waals surface area contributed by atoms with Gasteiger partial charge in [0, 0.05) is 25.2 Å². The van der Waals surface area contributed by atoms with E-state index in [1.807, 2.05) is 6.07 Å². The molecule has 1 fully saturated rings. The van der Waals surface area contributed by atoms with Gasteiger partial charge in [-0.15, -0.1) is 0 Å². The van der Waals surface area contributed by atoms with Crippen molar-refractivity contribution in [2.24, 2.45) is 5.73 Å². The summed E-state index contributed by atoms with van der Waals surface area (Å²) < 4.78 is 5.63. The van der Waals surface area contributed by atoms with E-state index in [2.05, 4.69) is 43.1 Å². The van der Waals surface area contributed by atoms with Crippen LogP contribution in [0.1, 0.15) is 24.9 Å². The third-order valence-electron chi connectivity index (χ3n) is 3.76. The van der Waals surface area contributed by atoms with Crippen LogP contribution < -0.4 is 5.73 Å². The van der Waals surface area contributed by atoms with Gasteiger partial charge in [-0.05, 0) is 26.0 Å². The third kappa shape index (κ3) is 2.68. The van der Waals surface area contributed by atoms with E-state index >= 15 is 0 Å². The van der Waals surface area contributed by atoms with Crippen molar-refractivity contribution in [1.82, 2.24) is 4.90 Å². The predicted molar refractivity (Wildman–Crippen MR) is 69.8 cm³/mol. The van der Waals surface area contributed by atoms with Crippen LogP contribution in [0.15, 0.2) is 30.3 Å². The summed E-state index contributed by atoms with van der Waals surface area (Å²) >= 11 is 0. The monoisotopic (exact) mass is 234 g/mol. The highest BCUT2D eigenvalue weighted by atomic mass is 16.5. The Bertz CT molecular complexity index is 341. The molecule has 0 amide bonds. The number of ether oxygens (including phenoxy) is 1. The Morgan fingerprint density at radius 1 is 1.41 bits per heavy atom. The van der Waals surface area contributed by atoms with E-state index in [4.69, 9.17) is 10.5 Å². The number of benzene rings is 1. The maximum absolute atomic E-state index is 5.94. The Kier molecular flexibility index (Phi) is 4.15. The van der Waals surface area contributed by atoms with Crippen molar-refractivity contribution in [2.75, 3.05) is 20.2 Å². The van der Waals surface area contributed by atoms with Crippen molar-refractivity contribution in [3.05, 3.63) is 35.9 Å². The number of hydrogen-bond acceptors (Lipinski definition) is 3. The molecule has 0 radical (unpaired) electrons. The smallest absolute Gasteiger partial charge is 0.0703 e. The van der Waals surface area contributed by atoms with Gasteiger partial charge in [0.15, 0.2) is 0 Å². The first-order valence-corrected chi connectivity index (χ1v) is 6.32. The first-order chi connectivity index (χ1) is 8.24. The summed E-state index contributed by atoms with van der Waals surface area (Å²) in [5.41, 5.74) is 7.22. The molecule has 17 heavy (non-hydrogen) atoms. The number of rotatable bonds is 4. The van der Waals surface area contributed by atoms with Gasteiger partial charge in [0.2, 0.25) is 0 Å². The second-order valence-electron chi connectivity index (χ2n) is 4.76. The van der Waals surface area contributed by atoms with Gasteiger partial charge in [0.05, 0.1) is 6.10 Å². The Balaban J connectivity index is 2.13. The molecule has 2 rings (SSSR count). The highest BCUT2D eigenvalue weighted by molar-refractivity contribution is 5.19. The highest BCUT2D eigenvalue weighted by Crippen LogP contribution is 2.26. The van der Waals surface area contributed by atoms with E-state index in [1.165, 1.54) is 5.56 Å². The van der Waals surface area contributed by atoms with Crippen LogP contribution in [0, 0.1) is 0 Å². The van der Waals surface area contributed by atoms with Crippen molar-refractivity contribution in [2.45, 2.75) is 31.5 Å². The van der Waals surface area contributed by atoms with Crippen LogP contribution in [0.5, 0.6) is 0 Å². The lowest BCUT2D eigenvalue weighted by Gasteiger charge is -2.34. The molecule has 3 heteroatoms. The first kappa shape index (κ1) is 12.6. The molecule has 0 spiro atoms. The van der Waals surface area contributed by atoms with Crippen LogP contribution in [-0.4, -0.2) is 37.2 Å². The summed E-state index contributed by atoms with van der Waals surface area (Å²) in [4.78, 5) is 2.37. The van der Waals surface area contributed by atoms with Crippen LogP contribution in [0.25, 0.3) is 0 Å². The molecule has 0 aromatic heterocycles. The fourth-order valence-electron chi connectivity index (χ4n) is 2.70. The van der Waals surface area contributed by atoms with E-state index < -0.39 is 0 Å². The lowest BCUT2D eigenvalue weighted by molar-refractivity contribution is 0.0686. The Morgan fingerprint density at radius 2 is 2.12 bits per heavy atom. The van der Waals surface area contributed by atoms with Crippen LogP contribution in [-0.2, 0) is 4.74 Å². The SMILES string of the molecule is CC1OCCC1N(C)C(CN)c1ccccc1. The Morgan fingerprint density at radius 3 is 2.65 bits per heavy atom. The molecular formula is C14H22N2O. The lowest BCUT2D eigenvalue weighted by Crippen LogP contribution is -2.42. The molecule has 0 saturated carbocycles. The molecule has 1 heterocycles. The molecule has 3 unspecified atom stereocenters. The number of nitrogens with zero attached hydrogens (tertiary/aromatic N) is 1. The average molecular weight is 234 g/mol. The van der Waals surface area contributed by atoms with Crippen molar-refractivity contribution in [3.8, 4) is 0 Å². The fraction of sp³-hybridized carbons (Fsp3) is 0.571. The minimum atomic E-state index is 0.283. The van der Waals surface area contributed by atoms with E-state index in [0.717, 1.165) is 13.0 Å². The van der Waals surface area contributed by atoms with E-state index in [-0.39, 0.29) is 6.04 Å². The molecule has 1 aromatic rings. The van der Waals surface area contributed by atoms with Gasteiger partial charge in [0.25, 0.3) is 0 Å². The second-order valence-corrected chi connectivity index (χ2v) is 4.76. The number of hydrogen-bond donors (Lipinski definition) is 1. The normalized spacial score (nSPS) is 26.4. The molecule has 3 atom stereocenters. The Labute approximate surface area is 104 Å². The van der Waals surface area contributed by atoms with Crippen LogP contribution in [0.2, 0.25) is 0 Å². The zero-order valence-electron chi connectivity index (χ0n) is 10.7. The van der Waals surface area contributed by atoms with Gasteiger partial charge in [-0.1, -0.05) is 30.3 Å². The summed E-state index contributed by atoms with van der Waals surface area (Å²) in [7, 11) is 2.15. The zero-order valence-corrected chi connectivity index (χ0v) is 10.7. The van der Waals surface area contributed by atoms with Crippen molar-refractivity contribution < 1.29 is 4.74 Å². The first-order valence-electron chi connectivity index (χ1n) is 6.32. The maximum atomic E-state index is 5.94. The van der Waals surface area contributed by atoms with Gasteiger partial charge in [-0.2, -0.15) is 0 Å². The van der Waals surface area contributed by atoms with E-state index in [0.29, 0.717) is 18.7 Å². The number of nitrogens with two attached hydrogens (primary N) is 1. The van der Waals surface area contributed by atoms with Gasteiger partial charge < -0.3 is 10.5 Å². The minimum Gasteiger partial charge on any atom is -0.377 e. The molecule has 0 bridgehead atoms. The van der Waals surface area contributed by atoms with E-state index in [9.17, 15) is 0 Å². The molecule has 2 N–H and O–H groups in total. The molecule has 0 aliphatic carbocycles. The second kappa shape index (κ2) is 5.63. The van der Waals surface area contributed by atoms with Gasteiger partial charge in [0.1, 0.15) is 0 Å². The largest absolute Gasteiger partial charge is 0.377 e. The quantitative estimate of drug-likeness (QED) is 0.863. The summed E-state index contributed by atoms with van der Waals surface area (Å²) in [6.07, 6.45) is 1.40. The summed E-state index contributed by atoms with van der Waals surface area (Å²) in [5.74, 6) is 0. The minimum absolute atomic E-state index is 0.283. The molecule has 1 aliphatic heterocycles. The van der Waals surface area contributed by atoms with E-state index in [1.54, 1.807) is 0 Å². The maximum Gasteiger partial charge on any atom is 0.0703 e. The summed E-state index contributed by atoms with van der Waals surface area (Å²) in [5, 5.41) is 0. The van der Waals surface area contributed by atoms with Crippen LogP contribution >= 0.6 is 0 Å². The summed E-state index contributed by atoms with van der Waals surface area (Å²) in [6, 6.07) is 11.2. The topological polar surface area (TPSA) is 38.5 Å². The fourth-order valence-corrected chi connectivity index (χ4v) is 2.70. The lowest BCUT2D eigenvalue weighted by atomic mass is 10.0. The summed E-state index contributed by atoms with van der Waals surface area (Å²) in [6.45, 7) is 3.65. The molecule has 3 nitrogen and oxygen atoms in total. The molecule has 1 aromatic carbocycles. The highest BCUT2D eigenvalue weighted by Gasteiger charge is 2.31. The van der Waals surface area contributed by atoms with Crippen molar-refractivity contribution >= 4 is 0 Å².